The third kappa shape index (κ3) is 4.06. The lowest BCUT2D eigenvalue weighted by atomic mass is 10.2. The van der Waals surface area contributed by atoms with Gasteiger partial charge in [-0.25, -0.2) is 28.3 Å². The first-order valence-electron chi connectivity index (χ1n) is 9.00. The number of amides is 2. The summed E-state index contributed by atoms with van der Waals surface area (Å²) in [7, 11) is 1.24. The molecular weight excluding hydrogens is 397 g/mol. The van der Waals surface area contributed by atoms with Gasteiger partial charge in [0.15, 0.2) is 5.82 Å². The summed E-state index contributed by atoms with van der Waals surface area (Å²) >= 11 is 0. The Bertz CT molecular complexity index is 1050. The molecule has 1 fully saturated rings. The van der Waals surface area contributed by atoms with E-state index >= 15 is 0 Å². The van der Waals surface area contributed by atoms with Gasteiger partial charge in [-0.2, -0.15) is 10.2 Å². The number of rotatable bonds is 6. The van der Waals surface area contributed by atoms with Crippen molar-refractivity contribution < 1.29 is 23.5 Å². The number of ether oxygens (including phenoxy) is 2. The van der Waals surface area contributed by atoms with E-state index in [0.29, 0.717) is 17.9 Å². The molecule has 0 radical (unpaired) electrons. The minimum atomic E-state index is -0.623. The van der Waals surface area contributed by atoms with E-state index in [2.05, 4.69) is 25.2 Å². The molecule has 1 aromatic carbocycles. The monoisotopic (exact) mass is 415 g/mol. The molecule has 3 aromatic rings. The van der Waals surface area contributed by atoms with Crippen molar-refractivity contribution in [2.75, 3.05) is 25.1 Å². The minimum absolute atomic E-state index is 0.0946. The second-order valence-corrected chi connectivity index (χ2v) is 6.47. The van der Waals surface area contributed by atoms with Gasteiger partial charge < -0.3 is 14.8 Å². The van der Waals surface area contributed by atoms with Crippen molar-refractivity contribution in [1.29, 1.82) is 0 Å². The van der Waals surface area contributed by atoms with Crippen LogP contribution in [0.25, 0.3) is 5.69 Å². The number of benzene rings is 1. The van der Waals surface area contributed by atoms with Crippen molar-refractivity contribution in [2.24, 2.45) is 0 Å². The number of anilines is 1. The first kappa shape index (κ1) is 19.4. The van der Waals surface area contributed by atoms with Gasteiger partial charge >= 0.3 is 12.2 Å². The van der Waals surface area contributed by atoms with E-state index in [4.69, 9.17) is 4.74 Å². The SMILES string of the molecule is COC(=O)NC[C@H]1CN(c2ccc(-n3ccc(Cn4cncn4)n3)c(F)c2)C(=O)O1. The first-order chi connectivity index (χ1) is 14.5. The maximum atomic E-state index is 14.8. The van der Waals surface area contributed by atoms with Crippen LogP contribution in [0.3, 0.4) is 0 Å². The average Bonchev–Trinajstić information content (AvgIpc) is 3.48. The highest BCUT2D eigenvalue weighted by Crippen LogP contribution is 2.25. The summed E-state index contributed by atoms with van der Waals surface area (Å²) < 4.78 is 27.5. The van der Waals surface area contributed by atoms with E-state index in [1.807, 2.05) is 0 Å². The van der Waals surface area contributed by atoms with Crippen molar-refractivity contribution in [3.05, 3.63) is 54.6 Å². The third-order valence-electron chi connectivity index (χ3n) is 4.46. The van der Waals surface area contributed by atoms with Crippen molar-refractivity contribution >= 4 is 17.9 Å². The van der Waals surface area contributed by atoms with Crippen LogP contribution in [-0.2, 0) is 16.0 Å². The number of halogens is 1. The number of methoxy groups -OCH3 is 1. The Hall–Kier alpha value is -3.96. The van der Waals surface area contributed by atoms with Gasteiger partial charge in [-0.1, -0.05) is 0 Å². The zero-order valence-corrected chi connectivity index (χ0v) is 15.9. The fraction of sp³-hybridized carbons (Fsp3) is 0.278. The van der Waals surface area contributed by atoms with Crippen molar-refractivity contribution in [3.8, 4) is 5.69 Å². The molecule has 3 heterocycles. The second-order valence-electron chi connectivity index (χ2n) is 6.47. The summed E-state index contributed by atoms with van der Waals surface area (Å²) in [6.45, 7) is 0.677. The van der Waals surface area contributed by atoms with Gasteiger partial charge in [-0.15, -0.1) is 0 Å². The average molecular weight is 415 g/mol. The van der Waals surface area contributed by atoms with Crippen LogP contribution in [-0.4, -0.2) is 63.0 Å². The highest BCUT2D eigenvalue weighted by Gasteiger charge is 2.33. The molecule has 0 saturated carbocycles. The number of aromatic nitrogens is 5. The van der Waals surface area contributed by atoms with Gasteiger partial charge in [-0.05, 0) is 24.3 Å². The second kappa shape index (κ2) is 8.19. The van der Waals surface area contributed by atoms with E-state index < -0.39 is 24.1 Å². The van der Waals surface area contributed by atoms with Gasteiger partial charge in [-0.3, -0.25) is 4.90 Å². The Morgan fingerprint density at radius 3 is 3.00 bits per heavy atom. The summed E-state index contributed by atoms with van der Waals surface area (Å²) in [6.07, 6.45) is 2.83. The molecule has 0 spiro atoms. The fourth-order valence-corrected chi connectivity index (χ4v) is 3.02. The molecule has 4 rings (SSSR count). The quantitative estimate of drug-likeness (QED) is 0.646. The van der Waals surface area contributed by atoms with Gasteiger partial charge in [0.2, 0.25) is 0 Å². The van der Waals surface area contributed by atoms with Crippen LogP contribution in [0, 0.1) is 5.82 Å². The lowest BCUT2D eigenvalue weighted by molar-refractivity contribution is 0.132. The topological polar surface area (TPSA) is 116 Å². The lowest BCUT2D eigenvalue weighted by Gasteiger charge is -2.14. The van der Waals surface area contributed by atoms with Crippen LogP contribution >= 0.6 is 0 Å². The van der Waals surface area contributed by atoms with Crippen LogP contribution < -0.4 is 10.2 Å². The summed E-state index contributed by atoms with van der Waals surface area (Å²) in [4.78, 5) is 28.5. The number of nitrogens with zero attached hydrogens (tertiary/aromatic N) is 6. The standard InChI is InChI=1S/C18H18FN7O4/c1-29-17(27)21-7-14-9-25(18(28)30-14)13-2-3-16(15(19)6-13)26-5-4-12(23-26)8-24-11-20-10-22-24/h2-6,10-11,14H,7-9H2,1H3,(H,21,27)/t14-/m0/s1. The molecule has 156 valence electrons. The van der Waals surface area contributed by atoms with Crippen molar-refractivity contribution in [2.45, 2.75) is 12.6 Å². The van der Waals surface area contributed by atoms with Crippen LogP contribution in [0.15, 0.2) is 43.1 Å². The molecular formula is C18H18FN7O4. The Labute approximate surface area is 170 Å². The van der Waals surface area contributed by atoms with Gasteiger partial charge in [0, 0.05) is 6.20 Å². The number of carbonyl (C=O) groups is 2. The number of hydrogen-bond acceptors (Lipinski definition) is 7. The number of hydrogen-bond donors (Lipinski definition) is 1. The Morgan fingerprint density at radius 2 is 2.27 bits per heavy atom. The molecule has 2 amide bonds. The van der Waals surface area contributed by atoms with E-state index in [9.17, 15) is 14.0 Å². The fourth-order valence-electron chi connectivity index (χ4n) is 3.02. The number of cyclic esters (lactones) is 1. The predicted octanol–water partition coefficient (Wildman–Crippen LogP) is 1.33. The minimum Gasteiger partial charge on any atom is -0.453 e. The first-order valence-corrected chi connectivity index (χ1v) is 9.00. The Morgan fingerprint density at radius 1 is 1.40 bits per heavy atom. The van der Waals surface area contributed by atoms with Gasteiger partial charge in [0.05, 0.1) is 38.1 Å². The normalized spacial score (nSPS) is 15.9. The number of nitrogens with one attached hydrogen (secondary N) is 1. The summed E-state index contributed by atoms with van der Waals surface area (Å²) in [5.74, 6) is -0.549. The Kier molecular flexibility index (Phi) is 5.28. The van der Waals surface area contributed by atoms with Crippen molar-refractivity contribution in [3.63, 3.8) is 0 Å². The number of carbonyl (C=O) groups excluding carboxylic acids is 2. The van der Waals surface area contributed by atoms with Crippen LogP contribution in [0.1, 0.15) is 5.69 Å². The molecule has 2 aromatic heterocycles. The number of alkyl carbamates (subject to hydrolysis) is 1. The van der Waals surface area contributed by atoms with Gasteiger partial charge in [0.1, 0.15) is 24.4 Å². The molecule has 1 N–H and O–H groups in total. The molecule has 30 heavy (non-hydrogen) atoms. The van der Waals surface area contributed by atoms with Crippen LogP contribution in [0.2, 0.25) is 0 Å². The van der Waals surface area contributed by atoms with E-state index in [1.54, 1.807) is 29.3 Å². The van der Waals surface area contributed by atoms with Crippen LogP contribution in [0.5, 0.6) is 0 Å². The van der Waals surface area contributed by atoms with E-state index in [-0.39, 0.29) is 18.8 Å². The summed E-state index contributed by atoms with van der Waals surface area (Å²) in [5, 5.41) is 10.8. The molecule has 0 aliphatic carbocycles. The van der Waals surface area contributed by atoms with Crippen molar-refractivity contribution in [1.82, 2.24) is 29.9 Å². The zero-order chi connectivity index (χ0) is 21.1. The molecule has 12 heteroatoms. The lowest BCUT2D eigenvalue weighted by Crippen LogP contribution is -2.34. The summed E-state index contributed by atoms with van der Waals surface area (Å²) in [5.41, 5.74) is 1.27. The molecule has 1 aliphatic heterocycles. The van der Waals surface area contributed by atoms with Gasteiger partial charge in [0.25, 0.3) is 0 Å². The zero-order valence-electron chi connectivity index (χ0n) is 15.9. The highest BCUT2D eigenvalue weighted by atomic mass is 19.1. The molecule has 0 unspecified atom stereocenters. The van der Waals surface area contributed by atoms with Crippen LogP contribution in [0.4, 0.5) is 19.7 Å². The van der Waals surface area contributed by atoms with E-state index in [0.717, 1.165) is 0 Å². The summed E-state index contributed by atoms with van der Waals surface area (Å²) in [6, 6.07) is 6.13. The molecule has 1 aliphatic rings. The van der Waals surface area contributed by atoms with E-state index in [1.165, 1.54) is 35.2 Å². The third-order valence-corrected chi connectivity index (χ3v) is 4.46. The molecule has 1 saturated heterocycles. The maximum Gasteiger partial charge on any atom is 0.414 e. The molecule has 0 bridgehead atoms. The molecule has 1 atom stereocenters. The Balaban J connectivity index is 1.45. The smallest absolute Gasteiger partial charge is 0.414 e. The largest absolute Gasteiger partial charge is 0.453 e. The highest BCUT2D eigenvalue weighted by molar-refractivity contribution is 5.90. The molecule has 11 nitrogen and oxygen atoms in total. The predicted molar refractivity (Wildman–Crippen MR) is 101 cm³/mol. The maximum absolute atomic E-state index is 14.8.